The molecule has 1 saturated carbocycles. The van der Waals surface area contributed by atoms with Crippen LogP contribution in [0, 0.1) is 11.8 Å². The van der Waals surface area contributed by atoms with Crippen LogP contribution in [0.2, 0.25) is 0 Å². The molecule has 0 aromatic heterocycles. The smallest absolute Gasteiger partial charge is 0.407 e. The molecule has 2 aliphatic carbocycles. The molecule has 0 aliphatic heterocycles. The van der Waals surface area contributed by atoms with Gasteiger partial charge in [0.1, 0.15) is 12.2 Å². The van der Waals surface area contributed by atoms with Crippen molar-refractivity contribution in [2.75, 3.05) is 6.61 Å². The molecule has 3 atom stereocenters. The predicted molar refractivity (Wildman–Crippen MR) is 122 cm³/mol. The fourth-order valence-corrected chi connectivity index (χ4v) is 4.88. The third-order valence-electron chi connectivity index (χ3n) is 6.26. The zero-order valence-corrected chi connectivity index (χ0v) is 19.0. The first-order chi connectivity index (χ1) is 15.6. The summed E-state index contributed by atoms with van der Waals surface area (Å²) < 4.78 is 11.0. The molecule has 2 aromatic rings. The summed E-state index contributed by atoms with van der Waals surface area (Å²) in [6.45, 7) is 5.39. The van der Waals surface area contributed by atoms with Crippen LogP contribution < -0.4 is 5.32 Å². The molecule has 0 heterocycles. The van der Waals surface area contributed by atoms with Gasteiger partial charge in [-0.05, 0) is 55.9 Å². The quantitative estimate of drug-likeness (QED) is 0.656. The number of rotatable bonds is 5. The van der Waals surface area contributed by atoms with E-state index < -0.39 is 41.5 Å². The number of ether oxygens (including phenoxy) is 2. The van der Waals surface area contributed by atoms with Crippen LogP contribution in [-0.2, 0) is 19.1 Å². The summed E-state index contributed by atoms with van der Waals surface area (Å²) in [6, 6.07) is 15.6. The Morgan fingerprint density at radius 2 is 1.48 bits per heavy atom. The van der Waals surface area contributed by atoms with E-state index in [0.29, 0.717) is 0 Å². The minimum atomic E-state index is -1.07. The zero-order chi connectivity index (χ0) is 23.8. The van der Waals surface area contributed by atoms with Crippen molar-refractivity contribution < 1.29 is 29.0 Å². The van der Waals surface area contributed by atoms with Crippen LogP contribution in [0.15, 0.2) is 48.5 Å². The Morgan fingerprint density at radius 1 is 0.939 bits per heavy atom. The number of fused-ring (bicyclic) bond motifs is 3. The molecule has 2 aliphatic rings. The lowest BCUT2D eigenvalue weighted by molar-refractivity contribution is -0.156. The van der Waals surface area contributed by atoms with Crippen molar-refractivity contribution in [1.29, 1.82) is 0 Å². The van der Waals surface area contributed by atoms with Gasteiger partial charge in [-0.1, -0.05) is 48.5 Å². The van der Waals surface area contributed by atoms with Gasteiger partial charge in [0.2, 0.25) is 0 Å². The minimum Gasteiger partial charge on any atom is -0.481 e. The van der Waals surface area contributed by atoms with E-state index in [-0.39, 0.29) is 25.4 Å². The Morgan fingerprint density at radius 3 is 2.03 bits per heavy atom. The number of nitrogens with one attached hydrogen (secondary N) is 1. The summed E-state index contributed by atoms with van der Waals surface area (Å²) in [7, 11) is 0. The summed E-state index contributed by atoms with van der Waals surface area (Å²) in [5, 5.41) is 12.4. The van der Waals surface area contributed by atoms with E-state index in [0.717, 1.165) is 22.3 Å². The molecule has 4 rings (SSSR count). The molecule has 1 fully saturated rings. The number of carbonyl (C=O) groups is 3. The fraction of sp³-hybridized carbons (Fsp3) is 0.423. The van der Waals surface area contributed by atoms with E-state index in [2.05, 4.69) is 17.4 Å². The second-order valence-electron chi connectivity index (χ2n) is 9.72. The van der Waals surface area contributed by atoms with Crippen molar-refractivity contribution in [2.24, 2.45) is 11.8 Å². The maximum Gasteiger partial charge on any atom is 0.407 e. The molecule has 2 aromatic carbocycles. The summed E-state index contributed by atoms with van der Waals surface area (Å²) in [5.41, 5.74) is 3.77. The zero-order valence-electron chi connectivity index (χ0n) is 19.0. The molecular weight excluding hydrogens is 422 g/mol. The molecule has 2 unspecified atom stereocenters. The second kappa shape index (κ2) is 8.89. The number of hydrogen-bond donors (Lipinski definition) is 2. The lowest BCUT2D eigenvalue weighted by Crippen LogP contribution is -2.38. The van der Waals surface area contributed by atoms with Gasteiger partial charge in [-0.3, -0.25) is 9.59 Å². The van der Waals surface area contributed by atoms with Crippen LogP contribution in [0.4, 0.5) is 4.79 Å². The number of carboxylic acids is 1. The monoisotopic (exact) mass is 451 g/mol. The van der Waals surface area contributed by atoms with Gasteiger partial charge >= 0.3 is 18.0 Å². The Bertz CT molecular complexity index is 1030. The average Bonchev–Trinajstić information content (AvgIpc) is 3.30. The molecule has 7 nitrogen and oxygen atoms in total. The maximum atomic E-state index is 13.0. The number of carbonyl (C=O) groups excluding carboxylic acids is 2. The summed E-state index contributed by atoms with van der Waals surface area (Å²) in [5.74, 6) is -3.45. The number of amides is 1. The fourth-order valence-electron chi connectivity index (χ4n) is 4.88. The third kappa shape index (κ3) is 4.87. The lowest BCUT2D eigenvalue weighted by atomic mass is 9.96. The molecule has 33 heavy (non-hydrogen) atoms. The highest BCUT2D eigenvalue weighted by Gasteiger charge is 2.45. The van der Waals surface area contributed by atoms with E-state index in [1.54, 1.807) is 20.8 Å². The van der Waals surface area contributed by atoms with Crippen molar-refractivity contribution in [1.82, 2.24) is 5.32 Å². The van der Waals surface area contributed by atoms with Gasteiger partial charge in [0.15, 0.2) is 0 Å². The first-order valence-corrected chi connectivity index (χ1v) is 11.2. The lowest BCUT2D eigenvalue weighted by Gasteiger charge is -2.21. The minimum absolute atomic E-state index is 0.0956. The van der Waals surface area contributed by atoms with Gasteiger partial charge in [0.25, 0.3) is 0 Å². The molecular formula is C26H29NO6. The Balaban J connectivity index is 1.43. The van der Waals surface area contributed by atoms with Crippen molar-refractivity contribution in [3.05, 3.63) is 59.7 Å². The van der Waals surface area contributed by atoms with Gasteiger partial charge in [-0.15, -0.1) is 0 Å². The first kappa shape index (κ1) is 22.8. The van der Waals surface area contributed by atoms with Gasteiger partial charge < -0.3 is 19.9 Å². The maximum absolute atomic E-state index is 13.0. The molecule has 7 heteroatoms. The van der Waals surface area contributed by atoms with Crippen LogP contribution >= 0.6 is 0 Å². The molecule has 174 valence electrons. The Kier molecular flexibility index (Phi) is 6.15. The van der Waals surface area contributed by atoms with Crippen LogP contribution in [0.1, 0.15) is 50.7 Å². The molecule has 1 amide bonds. The summed E-state index contributed by atoms with van der Waals surface area (Å²) in [4.78, 5) is 36.9. The number of benzene rings is 2. The highest BCUT2D eigenvalue weighted by molar-refractivity contribution is 5.83. The number of esters is 1. The number of hydrogen-bond acceptors (Lipinski definition) is 5. The van der Waals surface area contributed by atoms with E-state index in [1.807, 2.05) is 36.4 Å². The molecule has 0 saturated heterocycles. The molecule has 0 radical (unpaired) electrons. The second-order valence-corrected chi connectivity index (χ2v) is 9.72. The van der Waals surface area contributed by atoms with Gasteiger partial charge in [-0.25, -0.2) is 4.79 Å². The largest absolute Gasteiger partial charge is 0.481 e. The predicted octanol–water partition coefficient (Wildman–Crippen LogP) is 4.35. The van der Waals surface area contributed by atoms with Crippen LogP contribution in [0.25, 0.3) is 11.1 Å². The first-order valence-electron chi connectivity index (χ1n) is 11.2. The number of alkyl carbamates (subject to hydrolysis) is 1. The number of carboxylic acid groups (broad SMARTS) is 1. The average molecular weight is 452 g/mol. The van der Waals surface area contributed by atoms with Crippen molar-refractivity contribution in [3.63, 3.8) is 0 Å². The van der Waals surface area contributed by atoms with E-state index in [1.165, 1.54) is 0 Å². The molecule has 0 spiro atoms. The van der Waals surface area contributed by atoms with E-state index >= 15 is 0 Å². The summed E-state index contributed by atoms with van der Waals surface area (Å²) in [6.07, 6.45) is -0.263. The topological polar surface area (TPSA) is 102 Å². The van der Waals surface area contributed by atoms with Crippen molar-refractivity contribution in [2.45, 2.75) is 51.2 Å². The van der Waals surface area contributed by atoms with Crippen LogP contribution in [-0.4, -0.2) is 41.4 Å². The number of aliphatic carboxylic acids is 1. The van der Waals surface area contributed by atoms with Gasteiger partial charge in [-0.2, -0.15) is 0 Å². The SMILES string of the molecule is CC(C)(C)OC(=O)N[C@H]1CC(C(=O)O)C(C(=O)OCC2c3ccccc3-c3ccccc32)C1. The molecule has 2 N–H and O–H groups in total. The third-order valence-corrected chi connectivity index (χ3v) is 6.26. The normalized spacial score (nSPS) is 21.7. The van der Waals surface area contributed by atoms with E-state index in [4.69, 9.17) is 9.47 Å². The van der Waals surface area contributed by atoms with Crippen molar-refractivity contribution in [3.8, 4) is 11.1 Å². The standard InChI is InChI=1S/C26H29NO6/c1-26(2,3)33-25(31)27-15-12-20(23(28)29)21(13-15)24(30)32-14-22-18-10-6-4-8-16(18)17-9-5-7-11-19(17)22/h4-11,15,20-22H,12-14H2,1-3H3,(H,27,31)(H,28,29)/t15-,20?,21?/m0/s1. The Hall–Kier alpha value is -3.35. The van der Waals surface area contributed by atoms with Gasteiger partial charge in [0.05, 0.1) is 11.8 Å². The van der Waals surface area contributed by atoms with E-state index in [9.17, 15) is 19.5 Å². The summed E-state index contributed by atoms with van der Waals surface area (Å²) >= 11 is 0. The van der Waals surface area contributed by atoms with Crippen LogP contribution in [0.3, 0.4) is 0 Å². The highest BCUT2D eigenvalue weighted by atomic mass is 16.6. The van der Waals surface area contributed by atoms with Crippen LogP contribution in [0.5, 0.6) is 0 Å². The van der Waals surface area contributed by atoms with Crippen molar-refractivity contribution >= 4 is 18.0 Å². The molecule has 0 bridgehead atoms. The van der Waals surface area contributed by atoms with Gasteiger partial charge in [0, 0.05) is 12.0 Å². The Labute approximate surface area is 193 Å². The highest BCUT2D eigenvalue weighted by Crippen LogP contribution is 2.45.